The molecule has 3 heterocycles. The van der Waals surface area contributed by atoms with Crippen molar-refractivity contribution in [2.45, 2.75) is 31.5 Å². The van der Waals surface area contributed by atoms with Gasteiger partial charge in [0.05, 0.1) is 24.5 Å². The third-order valence-electron chi connectivity index (χ3n) is 4.93. The Morgan fingerprint density at radius 1 is 1.40 bits per heavy atom. The number of nitrogens with one attached hydrogen (secondary N) is 1. The minimum atomic E-state index is -0.514. The molecule has 134 valence electrons. The largest absolute Gasteiger partial charge is 0.442 e. The van der Waals surface area contributed by atoms with Crippen LogP contribution in [0.2, 0.25) is 0 Å². The molecule has 1 aromatic carbocycles. The van der Waals surface area contributed by atoms with Crippen LogP contribution in [-0.4, -0.2) is 54.8 Å². The number of hydrogen-bond donors (Lipinski definition) is 1. The van der Waals surface area contributed by atoms with Gasteiger partial charge in [-0.25, -0.2) is 9.18 Å². The predicted octanol–water partition coefficient (Wildman–Crippen LogP) is 1.98. The summed E-state index contributed by atoms with van der Waals surface area (Å²) in [6.45, 7) is 1.96. The van der Waals surface area contributed by atoms with Crippen LogP contribution in [-0.2, 0) is 9.53 Å². The Morgan fingerprint density at radius 3 is 2.80 bits per heavy atom. The molecule has 3 atom stereocenters. The van der Waals surface area contributed by atoms with E-state index in [1.54, 1.807) is 12.1 Å². The highest BCUT2D eigenvalue weighted by Gasteiger charge is 2.43. The second-order valence-electron chi connectivity index (χ2n) is 6.68. The number of nitrogens with zero attached hydrogens (tertiary/aromatic N) is 2. The Bertz CT molecular complexity index is 702. The van der Waals surface area contributed by atoms with Crippen LogP contribution >= 0.6 is 11.8 Å². The van der Waals surface area contributed by atoms with Gasteiger partial charge in [0.1, 0.15) is 11.9 Å². The zero-order chi connectivity index (χ0) is 17.6. The molecule has 2 unspecified atom stereocenters. The Morgan fingerprint density at radius 2 is 2.16 bits per heavy atom. The smallest absolute Gasteiger partial charge is 0.414 e. The van der Waals surface area contributed by atoms with Crippen LogP contribution in [0, 0.1) is 5.82 Å². The number of thioether (sulfide) groups is 1. The quantitative estimate of drug-likeness (QED) is 0.884. The zero-order valence-corrected chi connectivity index (χ0v) is 14.7. The Kier molecular flexibility index (Phi) is 4.23. The Balaban J connectivity index is 1.47. The van der Waals surface area contributed by atoms with Crippen molar-refractivity contribution in [1.82, 2.24) is 5.32 Å². The van der Waals surface area contributed by atoms with Gasteiger partial charge < -0.3 is 15.0 Å². The highest BCUT2D eigenvalue weighted by atomic mass is 32.2. The number of halogens is 1. The predicted molar refractivity (Wildman–Crippen MR) is 94.7 cm³/mol. The number of fused-ring (bicyclic) bond motifs is 2. The van der Waals surface area contributed by atoms with Crippen molar-refractivity contribution >= 4 is 35.1 Å². The molecule has 3 fully saturated rings. The molecule has 0 aliphatic carbocycles. The van der Waals surface area contributed by atoms with E-state index in [1.807, 2.05) is 11.8 Å². The van der Waals surface area contributed by atoms with E-state index in [-0.39, 0.29) is 18.3 Å². The Hall–Kier alpha value is -1.96. The fourth-order valence-corrected chi connectivity index (χ4v) is 4.97. The van der Waals surface area contributed by atoms with Gasteiger partial charge in [0.15, 0.2) is 0 Å². The second-order valence-corrected chi connectivity index (χ2v) is 7.75. The maximum atomic E-state index is 14.7. The van der Waals surface area contributed by atoms with Crippen molar-refractivity contribution in [3.8, 4) is 0 Å². The number of rotatable bonds is 4. The van der Waals surface area contributed by atoms with Crippen molar-refractivity contribution in [2.75, 3.05) is 34.4 Å². The maximum Gasteiger partial charge on any atom is 0.414 e. The maximum absolute atomic E-state index is 14.7. The van der Waals surface area contributed by atoms with E-state index in [2.05, 4.69) is 10.2 Å². The molecule has 3 aliphatic rings. The highest BCUT2D eigenvalue weighted by molar-refractivity contribution is 7.99. The van der Waals surface area contributed by atoms with Gasteiger partial charge in [0.25, 0.3) is 0 Å². The van der Waals surface area contributed by atoms with E-state index in [0.717, 1.165) is 17.9 Å². The number of cyclic esters (lactones) is 1. The summed E-state index contributed by atoms with van der Waals surface area (Å²) in [5.74, 6) is 1.60. The van der Waals surface area contributed by atoms with Crippen LogP contribution in [0.3, 0.4) is 0 Å². The molecule has 0 spiro atoms. The van der Waals surface area contributed by atoms with Crippen molar-refractivity contribution in [3.05, 3.63) is 24.0 Å². The number of carbonyl (C=O) groups excluding carboxylic acids is 2. The van der Waals surface area contributed by atoms with Gasteiger partial charge in [-0.2, -0.15) is 11.8 Å². The van der Waals surface area contributed by atoms with Crippen LogP contribution in [0.5, 0.6) is 0 Å². The van der Waals surface area contributed by atoms with Crippen molar-refractivity contribution in [3.63, 3.8) is 0 Å². The van der Waals surface area contributed by atoms with Crippen molar-refractivity contribution < 1.29 is 18.7 Å². The molecule has 3 saturated heterocycles. The van der Waals surface area contributed by atoms with Gasteiger partial charge >= 0.3 is 6.09 Å². The topological polar surface area (TPSA) is 61.9 Å². The standard InChI is InChI=1S/C17H20FN3O3S/c1-10(22)19-6-14-7-20(17(23)24-14)11-2-3-16(15(18)5-11)21-12-4-13(21)9-25-8-12/h2-3,5,12-14H,4,6-9H2,1H3,(H,19,22)/t12?,13?,14-/m0/s1. The lowest BCUT2D eigenvalue weighted by atomic mass is 9.93. The number of anilines is 2. The number of hydrogen-bond acceptors (Lipinski definition) is 5. The molecule has 3 aliphatic heterocycles. The zero-order valence-electron chi connectivity index (χ0n) is 13.9. The van der Waals surface area contributed by atoms with E-state index in [0.29, 0.717) is 30.0 Å². The van der Waals surface area contributed by atoms with Crippen molar-refractivity contribution in [1.29, 1.82) is 0 Å². The van der Waals surface area contributed by atoms with E-state index in [1.165, 1.54) is 17.9 Å². The number of carbonyl (C=O) groups is 2. The molecule has 4 rings (SSSR count). The summed E-state index contributed by atoms with van der Waals surface area (Å²) in [5.41, 5.74) is 1.10. The SMILES string of the molecule is CC(=O)NC[C@H]1CN(c2ccc(N3C4CSCC3C4)c(F)c2)C(=O)O1. The highest BCUT2D eigenvalue weighted by Crippen LogP contribution is 2.42. The van der Waals surface area contributed by atoms with E-state index < -0.39 is 12.2 Å². The molecule has 6 nitrogen and oxygen atoms in total. The lowest BCUT2D eigenvalue weighted by Crippen LogP contribution is -2.62. The van der Waals surface area contributed by atoms with Crippen LogP contribution in [0.1, 0.15) is 13.3 Å². The monoisotopic (exact) mass is 365 g/mol. The summed E-state index contributed by atoms with van der Waals surface area (Å²) in [6.07, 6.45) is 0.197. The fraction of sp³-hybridized carbons (Fsp3) is 0.529. The van der Waals surface area contributed by atoms with E-state index in [9.17, 15) is 14.0 Å². The molecule has 0 aromatic heterocycles. The first kappa shape index (κ1) is 16.5. The van der Waals surface area contributed by atoms with Gasteiger partial charge in [-0.1, -0.05) is 0 Å². The third-order valence-corrected chi connectivity index (χ3v) is 6.17. The minimum Gasteiger partial charge on any atom is -0.442 e. The van der Waals surface area contributed by atoms with Gasteiger partial charge in [-0.05, 0) is 24.6 Å². The summed E-state index contributed by atoms with van der Waals surface area (Å²) >= 11 is 1.92. The summed E-state index contributed by atoms with van der Waals surface area (Å²) in [7, 11) is 0. The van der Waals surface area contributed by atoms with Crippen LogP contribution < -0.4 is 15.1 Å². The van der Waals surface area contributed by atoms with Crippen LogP contribution in [0.25, 0.3) is 0 Å². The number of ether oxygens (including phenoxy) is 1. The first-order chi connectivity index (χ1) is 12.0. The molecule has 2 bridgehead atoms. The normalized spacial score (nSPS) is 27.8. The first-order valence-electron chi connectivity index (χ1n) is 8.41. The average Bonchev–Trinajstić information content (AvgIpc) is 2.96. The summed E-state index contributed by atoms with van der Waals surface area (Å²) in [6, 6.07) is 5.76. The molecule has 2 amide bonds. The van der Waals surface area contributed by atoms with E-state index >= 15 is 0 Å². The molecule has 25 heavy (non-hydrogen) atoms. The van der Waals surface area contributed by atoms with Gasteiger partial charge in [-0.3, -0.25) is 9.69 Å². The van der Waals surface area contributed by atoms with Crippen LogP contribution in [0.4, 0.5) is 20.6 Å². The Labute approximate surface area is 149 Å². The molecule has 1 aromatic rings. The number of amides is 2. The molecule has 1 N–H and O–H groups in total. The molecule has 8 heteroatoms. The molecule has 0 radical (unpaired) electrons. The molecule has 0 saturated carbocycles. The molecular formula is C17H20FN3O3S. The van der Waals surface area contributed by atoms with Crippen molar-refractivity contribution in [2.24, 2.45) is 0 Å². The van der Waals surface area contributed by atoms with Gasteiger partial charge in [0, 0.05) is 30.5 Å². The lowest BCUT2D eigenvalue weighted by Gasteiger charge is -2.54. The van der Waals surface area contributed by atoms with Gasteiger partial charge in [0.2, 0.25) is 5.91 Å². The summed E-state index contributed by atoms with van der Waals surface area (Å²) in [4.78, 5) is 26.6. The minimum absolute atomic E-state index is 0.178. The first-order valence-corrected chi connectivity index (χ1v) is 9.56. The summed E-state index contributed by atoms with van der Waals surface area (Å²) in [5, 5.41) is 2.63. The second kappa shape index (κ2) is 6.40. The van der Waals surface area contributed by atoms with Gasteiger partial charge in [-0.15, -0.1) is 0 Å². The number of benzene rings is 1. The third kappa shape index (κ3) is 3.03. The fourth-order valence-electron chi connectivity index (χ4n) is 3.70. The van der Waals surface area contributed by atoms with E-state index in [4.69, 9.17) is 4.74 Å². The lowest BCUT2D eigenvalue weighted by molar-refractivity contribution is -0.119. The average molecular weight is 365 g/mol. The van der Waals surface area contributed by atoms with Crippen LogP contribution in [0.15, 0.2) is 18.2 Å². The summed E-state index contributed by atoms with van der Waals surface area (Å²) < 4.78 is 19.9. The molecular weight excluding hydrogens is 345 g/mol.